The molecule has 0 aliphatic heterocycles. The van der Waals surface area contributed by atoms with Crippen molar-refractivity contribution in [1.29, 1.82) is 0 Å². The predicted molar refractivity (Wildman–Crippen MR) is 88.8 cm³/mol. The van der Waals surface area contributed by atoms with Crippen LogP contribution in [0.15, 0.2) is 34.8 Å². The summed E-state index contributed by atoms with van der Waals surface area (Å²) in [6.07, 6.45) is 0.911. The fourth-order valence-corrected chi connectivity index (χ4v) is 2.34. The van der Waals surface area contributed by atoms with E-state index in [1.54, 1.807) is 12.1 Å². The highest BCUT2D eigenvalue weighted by Gasteiger charge is 2.07. The molecule has 3 nitrogen and oxygen atoms in total. The van der Waals surface area contributed by atoms with Gasteiger partial charge in [-0.1, -0.05) is 6.92 Å². The summed E-state index contributed by atoms with van der Waals surface area (Å²) in [5.74, 6) is 0.332. The maximum absolute atomic E-state index is 13.6. The Balaban J connectivity index is 2.25. The average molecular weight is 353 g/mol. The van der Waals surface area contributed by atoms with Crippen molar-refractivity contribution in [2.24, 2.45) is 0 Å². The minimum atomic E-state index is -0.305. The number of hydrogen-bond donors (Lipinski definition) is 2. The lowest BCUT2D eigenvalue weighted by Crippen LogP contribution is -2.01. The van der Waals surface area contributed by atoms with E-state index in [0.29, 0.717) is 28.2 Å². The zero-order valence-corrected chi connectivity index (χ0v) is 13.6. The molecule has 0 spiro atoms. The van der Waals surface area contributed by atoms with E-state index in [4.69, 9.17) is 10.5 Å². The molecule has 0 amide bonds. The van der Waals surface area contributed by atoms with E-state index in [0.717, 1.165) is 17.7 Å². The fraction of sp³-hybridized carbons (Fsp3) is 0.250. The normalized spacial score (nSPS) is 10.5. The molecule has 2 rings (SSSR count). The second-order valence-corrected chi connectivity index (χ2v) is 5.66. The number of aryl methyl sites for hydroxylation is 1. The van der Waals surface area contributed by atoms with Crippen molar-refractivity contribution in [3.05, 3.63) is 46.2 Å². The second-order valence-electron chi connectivity index (χ2n) is 4.81. The third-order valence-corrected chi connectivity index (χ3v) is 3.63. The van der Waals surface area contributed by atoms with Gasteiger partial charge in [0.25, 0.3) is 0 Å². The van der Waals surface area contributed by atoms with Gasteiger partial charge in [0.1, 0.15) is 11.6 Å². The van der Waals surface area contributed by atoms with E-state index in [2.05, 4.69) is 21.2 Å². The maximum Gasteiger partial charge on any atom is 0.144 e. The predicted octanol–water partition coefficient (Wildman–Crippen LogP) is 5.01. The maximum atomic E-state index is 13.6. The summed E-state index contributed by atoms with van der Waals surface area (Å²) in [6.45, 7) is 4.56. The van der Waals surface area contributed by atoms with E-state index in [-0.39, 0.29) is 5.82 Å². The molecule has 0 saturated heterocycles. The molecule has 2 aromatic carbocycles. The summed E-state index contributed by atoms with van der Waals surface area (Å²) in [7, 11) is 0. The summed E-state index contributed by atoms with van der Waals surface area (Å²) in [6, 6.07) is 8.64. The highest BCUT2D eigenvalue weighted by Crippen LogP contribution is 2.30. The Labute approximate surface area is 132 Å². The molecule has 0 aliphatic rings. The molecule has 0 bridgehead atoms. The molecule has 112 valence electrons. The van der Waals surface area contributed by atoms with Crippen LogP contribution in [0.25, 0.3) is 0 Å². The first-order chi connectivity index (χ1) is 10.0. The molecule has 0 fully saturated rings. The lowest BCUT2D eigenvalue weighted by Gasteiger charge is -2.13. The number of nitrogens with one attached hydrogen (secondary N) is 1. The van der Waals surface area contributed by atoms with E-state index in [1.807, 2.05) is 26.0 Å². The molecule has 2 aromatic rings. The molecule has 5 heteroatoms. The highest BCUT2D eigenvalue weighted by molar-refractivity contribution is 9.10. The number of nitrogens with two attached hydrogens (primary N) is 1. The Hall–Kier alpha value is -1.75. The number of rotatable bonds is 5. The molecule has 0 unspecified atom stereocenters. The minimum absolute atomic E-state index is 0.305. The molecular formula is C16H18BrFN2O. The van der Waals surface area contributed by atoms with Gasteiger partial charge in [-0.15, -0.1) is 0 Å². The van der Waals surface area contributed by atoms with Crippen molar-refractivity contribution >= 4 is 33.0 Å². The SMILES string of the molecule is CCCOc1cc(Nc2cc(F)c(Br)cc2C)ccc1N. The Kier molecular flexibility index (Phi) is 5.07. The van der Waals surface area contributed by atoms with Crippen LogP contribution in [0.1, 0.15) is 18.9 Å². The van der Waals surface area contributed by atoms with E-state index < -0.39 is 0 Å². The van der Waals surface area contributed by atoms with Gasteiger partial charge >= 0.3 is 0 Å². The van der Waals surface area contributed by atoms with Gasteiger partial charge in [-0.2, -0.15) is 0 Å². The van der Waals surface area contributed by atoms with Gasteiger partial charge < -0.3 is 15.8 Å². The molecule has 0 aromatic heterocycles. The van der Waals surface area contributed by atoms with Crippen LogP contribution in [-0.4, -0.2) is 6.61 Å². The first-order valence-corrected chi connectivity index (χ1v) is 7.55. The quantitative estimate of drug-likeness (QED) is 0.743. The van der Waals surface area contributed by atoms with Crippen molar-refractivity contribution in [1.82, 2.24) is 0 Å². The Bertz CT molecular complexity index is 646. The molecular weight excluding hydrogens is 335 g/mol. The number of halogens is 2. The van der Waals surface area contributed by atoms with Crippen LogP contribution in [0.2, 0.25) is 0 Å². The second kappa shape index (κ2) is 6.80. The largest absolute Gasteiger partial charge is 0.491 e. The minimum Gasteiger partial charge on any atom is -0.491 e. The zero-order chi connectivity index (χ0) is 15.4. The van der Waals surface area contributed by atoms with Crippen LogP contribution < -0.4 is 15.8 Å². The van der Waals surface area contributed by atoms with Crippen LogP contribution in [0, 0.1) is 12.7 Å². The molecule has 0 saturated carbocycles. The van der Waals surface area contributed by atoms with Crippen LogP contribution in [0.3, 0.4) is 0 Å². The van der Waals surface area contributed by atoms with Crippen molar-refractivity contribution in [3.63, 3.8) is 0 Å². The first kappa shape index (κ1) is 15.6. The third-order valence-electron chi connectivity index (χ3n) is 3.02. The molecule has 0 radical (unpaired) electrons. The van der Waals surface area contributed by atoms with Crippen LogP contribution in [0.5, 0.6) is 5.75 Å². The van der Waals surface area contributed by atoms with Crippen molar-refractivity contribution in [2.75, 3.05) is 17.7 Å². The van der Waals surface area contributed by atoms with Crippen molar-refractivity contribution < 1.29 is 9.13 Å². The topological polar surface area (TPSA) is 47.3 Å². The molecule has 0 heterocycles. The smallest absolute Gasteiger partial charge is 0.144 e. The van der Waals surface area contributed by atoms with Crippen molar-refractivity contribution in [2.45, 2.75) is 20.3 Å². The monoisotopic (exact) mass is 352 g/mol. The van der Waals surface area contributed by atoms with Crippen LogP contribution in [0.4, 0.5) is 21.5 Å². The average Bonchev–Trinajstić information content (AvgIpc) is 2.45. The van der Waals surface area contributed by atoms with Gasteiger partial charge in [-0.3, -0.25) is 0 Å². The van der Waals surface area contributed by atoms with Gasteiger partial charge in [0.05, 0.1) is 16.8 Å². The van der Waals surface area contributed by atoms with Gasteiger partial charge in [-0.25, -0.2) is 4.39 Å². The van der Waals surface area contributed by atoms with Crippen molar-refractivity contribution in [3.8, 4) is 5.75 Å². The first-order valence-electron chi connectivity index (χ1n) is 6.76. The lowest BCUT2D eigenvalue weighted by atomic mass is 10.2. The number of ether oxygens (including phenoxy) is 1. The standard InChI is InChI=1S/C16H18BrFN2O/c1-3-6-21-16-8-11(4-5-14(16)19)20-15-9-13(18)12(17)7-10(15)2/h4-5,7-9,20H,3,6,19H2,1-2H3. The van der Waals surface area contributed by atoms with Crippen LogP contribution in [-0.2, 0) is 0 Å². The summed E-state index contributed by atoms with van der Waals surface area (Å²) in [5.41, 5.74) is 8.93. The zero-order valence-electron chi connectivity index (χ0n) is 12.0. The highest BCUT2D eigenvalue weighted by atomic mass is 79.9. The van der Waals surface area contributed by atoms with E-state index >= 15 is 0 Å². The van der Waals surface area contributed by atoms with Gasteiger partial charge in [0.15, 0.2) is 0 Å². The molecule has 0 aliphatic carbocycles. The summed E-state index contributed by atoms with van der Waals surface area (Å²) < 4.78 is 19.7. The Morgan fingerprint density at radius 1 is 1.29 bits per heavy atom. The Morgan fingerprint density at radius 2 is 2.05 bits per heavy atom. The van der Waals surface area contributed by atoms with Gasteiger partial charge in [0.2, 0.25) is 0 Å². The molecule has 21 heavy (non-hydrogen) atoms. The van der Waals surface area contributed by atoms with Crippen LogP contribution >= 0.6 is 15.9 Å². The van der Waals surface area contributed by atoms with E-state index in [9.17, 15) is 4.39 Å². The number of hydrogen-bond acceptors (Lipinski definition) is 3. The van der Waals surface area contributed by atoms with Gasteiger partial charge in [-0.05, 0) is 59.1 Å². The molecule has 3 N–H and O–H groups in total. The van der Waals surface area contributed by atoms with E-state index in [1.165, 1.54) is 6.07 Å². The van der Waals surface area contributed by atoms with Gasteiger partial charge in [0, 0.05) is 17.4 Å². The number of anilines is 3. The number of nitrogen functional groups attached to an aromatic ring is 1. The summed E-state index contributed by atoms with van der Waals surface area (Å²) in [5, 5.41) is 3.19. The number of benzene rings is 2. The third kappa shape index (κ3) is 3.88. The molecule has 0 atom stereocenters. The Morgan fingerprint density at radius 3 is 2.76 bits per heavy atom. The fourth-order valence-electron chi connectivity index (χ4n) is 1.89. The summed E-state index contributed by atoms with van der Waals surface area (Å²) in [4.78, 5) is 0. The lowest BCUT2D eigenvalue weighted by molar-refractivity contribution is 0.319. The summed E-state index contributed by atoms with van der Waals surface area (Å²) >= 11 is 3.18.